The van der Waals surface area contributed by atoms with E-state index in [4.69, 9.17) is 11.6 Å². The second kappa shape index (κ2) is 5.86. The van der Waals surface area contributed by atoms with Crippen molar-refractivity contribution in [3.8, 4) is 0 Å². The van der Waals surface area contributed by atoms with Crippen molar-refractivity contribution in [3.05, 3.63) is 57.3 Å². The van der Waals surface area contributed by atoms with Crippen molar-refractivity contribution in [2.24, 2.45) is 0 Å². The number of hydrogen-bond acceptors (Lipinski definition) is 2. The molecule has 0 fully saturated rings. The van der Waals surface area contributed by atoms with Gasteiger partial charge in [0.2, 0.25) is 0 Å². The van der Waals surface area contributed by atoms with Crippen molar-refractivity contribution < 1.29 is 21.6 Å². The maximum absolute atomic E-state index is 13.7. The molecule has 0 radical (unpaired) electrons. The lowest BCUT2D eigenvalue weighted by Crippen LogP contribution is -2.15. The predicted molar refractivity (Wildman–Crippen MR) is 76.3 cm³/mol. The molecule has 0 heterocycles. The Morgan fingerprint density at radius 1 is 1.05 bits per heavy atom. The maximum atomic E-state index is 13.7. The first-order chi connectivity index (χ1) is 9.70. The van der Waals surface area contributed by atoms with Crippen LogP contribution >= 0.6 is 27.5 Å². The average molecular weight is 401 g/mol. The number of benzene rings is 2. The summed E-state index contributed by atoms with van der Waals surface area (Å²) in [7, 11) is -4.37. The standard InChI is InChI=1S/C12H6BrClF3NO2S/c13-8-3-6(15)4-11(17)12(8)21(19,20)18-7-1-2-9(14)10(16)5-7/h1-5,18H. The molecule has 0 bridgehead atoms. The average Bonchev–Trinajstić information content (AvgIpc) is 2.31. The van der Waals surface area contributed by atoms with E-state index in [-0.39, 0.29) is 15.2 Å². The van der Waals surface area contributed by atoms with Gasteiger partial charge in [-0.15, -0.1) is 0 Å². The predicted octanol–water partition coefficient (Wildman–Crippen LogP) is 4.32. The largest absolute Gasteiger partial charge is 0.279 e. The minimum absolute atomic E-state index is 0.146. The molecule has 0 aliphatic rings. The number of anilines is 1. The summed E-state index contributed by atoms with van der Waals surface area (Å²) in [5.74, 6) is -3.05. The number of nitrogens with one attached hydrogen (secondary N) is 1. The summed E-state index contributed by atoms with van der Waals surface area (Å²) in [6.45, 7) is 0. The highest BCUT2D eigenvalue weighted by Gasteiger charge is 2.24. The number of rotatable bonds is 3. The monoisotopic (exact) mass is 399 g/mol. The smallest absolute Gasteiger partial charge is 0.265 e. The molecule has 9 heteroatoms. The molecule has 0 aromatic heterocycles. The molecular formula is C12H6BrClF3NO2S. The molecule has 0 aliphatic heterocycles. The van der Waals surface area contributed by atoms with E-state index in [9.17, 15) is 21.6 Å². The van der Waals surface area contributed by atoms with Crippen LogP contribution < -0.4 is 4.72 Å². The molecule has 0 saturated heterocycles. The fourth-order valence-electron chi connectivity index (χ4n) is 1.55. The van der Waals surface area contributed by atoms with E-state index >= 15 is 0 Å². The Kier molecular flexibility index (Phi) is 4.50. The van der Waals surface area contributed by atoms with Crippen molar-refractivity contribution in [3.63, 3.8) is 0 Å². The third-order valence-corrected chi connectivity index (χ3v) is 5.05. The summed E-state index contributed by atoms with van der Waals surface area (Å²) in [4.78, 5) is -0.778. The molecule has 0 atom stereocenters. The van der Waals surface area contributed by atoms with Gasteiger partial charge in [0.05, 0.1) is 10.7 Å². The van der Waals surface area contributed by atoms with Crippen LogP contribution in [0.3, 0.4) is 0 Å². The van der Waals surface area contributed by atoms with Crippen LogP contribution in [-0.4, -0.2) is 8.42 Å². The lowest BCUT2D eigenvalue weighted by molar-refractivity contribution is 0.548. The molecule has 2 aromatic carbocycles. The normalized spacial score (nSPS) is 11.5. The Hall–Kier alpha value is -1.25. The van der Waals surface area contributed by atoms with Crippen molar-refractivity contribution in [1.82, 2.24) is 0 Å². The van der Waals surface area contributed by atoms with E-state index in [2.05, 4.69) is 15.9 Å². The van der Waals surface area contributed by atoms with Gasteiger partial charge >= 0.3 is 0 Å². The molecule has 21 heavy (non-hydrogen) atoms. The number of halogens is 5. The Morgan fingerprint density at radius 3 is 2.29 bits per heavy atom. The Bertz CT molecular complexity index is 791. The van der Waals surface area contributed by atoms with E-state index in [1.807, 2.05) is 4.72 Å². The van der Waals surface area contributed by atoms with Gasteiger partial charge in [0.15, 0.2) is 0 Å². The first-order valence-electron chi connectivity index (χ1n) is 5.33. The van der Waals surface area contributed by atoms with Gasteiger partial charge in [-0.3, -0.25) is 4.72 Å². The summed E-state index contributed by atoms with van der Waals surface area (Å²) in [6.07, 6.45) is 0. The molecule has 0 amide bonds. The summed E-state index contributed by atoms with van der Waals surface area (Å²) >= 11 is 8.25. The van der Waals surface area contributed by atoms with Crippen LogP contribution in [0, 0.1) is 17.5 Å². The van der Waals surface area contributed by atoms with Crippen molar-refractivity contribution in [2.45, 2.75) is 4.90 Å². The molecule has 2 rings (SSSR count). The first-order valence-corrected chi connectivity index (χ1v) is 7.98. The van der Waals surface area contributed by atoms with E-state index in [0.717, 1.165) is 18.2 Å². The van der Waals surface area contributed by atoms with Crippen molar-refractivity contribution in [1.29, 1.82) is 0 Å². The topological polar surface area (TPSA) is 46.2 Å². The Labute approximate surface area is 131 Å². The molecule has 0 unspecified atom stereocenters. The minimum atomic E-state index is -4.37. The Balaban J connectivity index is 2.46. The first kappa shape index (κ1) is 16.1. The molecule has 112 valence electrons. The molecule has 0 saturated carbocycles. The van der Waals surface area contributed by atoms with Gasteiger partial charge in [-0.25, -0.2) is 21.6 Å². The molecule has 0 spiro atoms. The second-order valence-electron chi connectivity index (χ2n) is 3.93. The quantitative estimate of drug-likeness (QED) is 0.834. The van der Waals surface area contributed by atoms with Gasteiger partial charge in [0, 0.05) is 10.5 Å². The van der Waals surface area contributed by atoms with Crippen molar-refractivity contribution in [2.75, 3.05) is 4.72 Å². The van der Waals surface area contributed by atoms with E-state index < -0.39 is 32.4 Å². The van der Waals surface area contributed by atoms with E-state index in [0.29, 0.717) is 6.07 Å². The lowest BCUT2D eigenvalue weighted by Gasteiger charge is -2.11. The van der Waals surface area contributed by atoms with Gasteiger partial charge < -0.3 is 0 Å². The van der Waals surface area contributed by atoms with Crippen LogP contribution in [0.4, 0.5) is 18.9 Å². The summed E-state index contributed by atoms with van der Waals surface area (Å²) in [5, 5.41) is -0.188. The van der Waals surface area contributed by atoms with Crippen LogP contribution in [0.2, 0.25) is 5.02 Å². The molecule has 0 aliphatic carbocycles. The van der Waals surface area contributed by atoms with E-state index in [1.165, 1.54) is 6.07 Å². The third-order valence-electron chi connectivity index (χ3n) is 2.40. The van der Waals surface area contributed by atoms with Crippen LogP contribution in [0.25, 0.3) is 0 Å². The zero-order valence-corrected chi connectivity index (χ0v) is 13.2. The molecule has 2 aromatic rings. The lowest BCUT2D eigenvalue weighted by atomic mass is 10.3. The van der Waals surface area contributed by atoms with Crippen LogP contribution in [0.1, 0.15) is 0 Å². The molecule has 1 N–H and O–H groups in total. The maximum Gasteiger partial charge on any atom is 0.265 e. The third kappa shape index (κ3) is 3.50. The van der Waals surface area contributed by atoms with Gasteiger partial charge in [-0.1, -0.05) is 11.6 Å². The zero-order chi connectivity index (χ0) is 15.8. The van der Waals surface area contributed by atoms with Crippen LogP contribution in [-0.2, 0) is 10.0 Å². The van der Waals surface area contributed by atoms with Crippen LogP contribution in [0.15, 0.2) is 39.7 Å². The summed E-state index contributed by atoms with van der Waals surface area (Å²) in [6, 6.07) is 4.43. The van der Waals surface area contributed by atoms with Crippen molar-refractivity contribution >= 4 is 43.2 Å². The summed E-state index contributed by atoms with van der Waals surface area (Å²) < 4.78 is 65.8. The second-order valence-corrected chi connectivity index (χ2v) is 6.81. The highest BCUT2D eigenvalue weighted by atomic mass is 79.9. The number of sulfonamides is 1. The van der Waals surface area contributed by atoms with Gasteiger partial charge in [0.25, 0.3) is 10.0 Å². The van der Waals surface area contributed by atoms with Gasteiger partial charge in [-0.05, 0) is 40.2 Å². The minimum Gasteiger partial charge on any atom is -0.279 e. The van der Waals surface area contributed by atoms with Gasteiger partial charge in [0.1, 0.15) is 22.3 Å². The fourth-order valence-corrected chi connectivity index (χ4v) is 3.89. The zero-order valence-electron chi connectivity index (χ0n) is 10.0. The molecule has 3 nitrogen and oxygen atoms in total. The highest BCUT2D eigenvalue weighted by molar-refractivity contribution is 9.10. The SMILES string of the molecule is O=S(=O)(Nc1ccc(Cl)c(F)c1)c1c(F)cc(F)cc1Br. The summed E-state index contributed by atoms with van der Waals surface area (Å²) in [5.41, 5.74) is -0.146. The number of hydrogen-bond donors (Lipinski definition) is 1. The highest BCUT2D eigenvalue weighted by Crippen LogP contribution is 2.28. The fraction of sp³-hybridized carbons (Fsp3) is 0. The van der Waals surface area contributed by atoms with Crippen LogP contribution in [0.5, 0.6) is 0 Å². The van der Waals surface area contributed by atoms with E-state index in [1.54, 1.807) is 0 Å². The van der Waals surface area contributed by atoms with Gasteiger partial charge in [-0.2, -0.15) is 0 Å². The Morgan fingerprint density at radius 2 is 1.71 bits per heavy atom. The molecular weight excluding hydrogens is 395 g/mol.